The Morgan fingerprint density at radius 1 is 0.900 bits per heavy atom. The van der Waals surface area contributed by atoms with Crippen LogP contribution in [0.2, 0.25) is 20.1 Å². The third-order valence-electron chi connectivity index (χ3n) is 2.87. The first-order chi connectivity index (χ1) is 9.31. The van der Waals surface area contributed by atoms with Crippen molar-refractivity contribution in [2.75, 3.05) is 0 Å². The highest BCUT2D eigenvalue weighted by Crippen LogP contribution is 2.37. The number of benzene rings is 2. The van der Waals surface area contributed by atoms with Gasteiger partial charge in [0.25, 0.3) is 0 Å². The van der Waals surface area contributed by atoms with E-state index in [0.29, 0.717) is 15.6 Å². The molecule has 6 heteroatoms. The van der Waals surface area contributed by atoms with Crippen molar-refractivity contribution in [2.45, 2.75) is 13.3 Å². The van der Waals surface area contributed by atoms with Gasteiger partial charge in [-0.25, -0.2) is 8.78 Å². The second-order valence-corrected chi connectivity index (χ2v) is 5.86. The predicted molar refractivity (Wildman–Crippen MR) is 80.4 cm³/mol. The molecule has 0 saturated carbocycles. The third kappa shape index (κ3) is 3.04. The van der Waals surface area contributed by atoms with Gasteiger partial charge < -0.3 is 0 Å². The molecule has 0 radical (unpaired) electrons. The second-order valence-electron chi connectivity index (χ2n) is 4.32. The maximum atomic E-state index is 13.4. The maximum Gasteiger partial charge on any atom is 0.144 e. The molecule has 0 heterocycles. The Hall–Kier alpha value is -0.540. The Bertz CT molecular complexity index is 684. The fourth-order valence-electron chi connectivity index (χ4n) is 1.84. The fraction of sp³-hybridized carbons (Fsp3) is 0.143. The molecule has 0 fully saturated rings. The molecule has 2 aromatic rings. The van der Waals surface area contributed by atoms with Crippen molar-refractivity contribution >= 4 is 46.4 Å². The highest BCUT2D eigenvalue weighted by molar-refractivity contribution is 6.44. The van der Waals surface area contributed by atoms with Crippen molar-refractivity contribution in [1.29, 1.82) is 0 Å². The van der Waals surface area contributed by atoms with Crippen LogP contribution in [0.3, 0.4) is 0 Å². The predicted octanol–water partition coefficient (Wildman–Crippen LogP) is 6.48. The van der Waals surface area contributed by atoms with E-state index in [1.165, 1.54) is 0 Å². The Morgan fingerprint density at radius 2 is 1.55 bits per heavy atom. The van der Waals surface area contributed by atoms with Gasteiger partial charge in [-0.05, 0) is 35.7 Å². The van der Waals surface area contributed by atoms with Crippen LogP contribution in [0.4, 0.5) is 8.78 Å². The third-order valence-corrected chi connectivity index (χ3v) is 4.63. The van der Waals surface area contributed by atoms with Crippen LogP contribution in [0.15, 0.2) is 18.2 Å². The molecule has 0 spiro atoms. The van der Waals surface area contributed by atoms with Gasteiger partial charge in [0.15, 0.2) is 0 Å². The second kappa shape index (κ2) is 6.07. The molecular weight excluding hydrogens is 348 g/mol. The fourth-order valence-corrected chi connectivity index (χ4v) is 2.88. The smallest absolute Gasteiger partial charge is 0.144 e. The van der Waals surface area contributed by atoms with E-state index in [1.54, 1.807) is 13.0 Å². The summed E-state index contributed by atoms with van der Waals surface area (Å²) in [7, 11) is 0. The van der Waals surface area contributed by atoms with Crippen molar-refractivity contribution in [2.24, 2.45) is 0 Å². The molecule has 0 atom stereocenters. The molecule has 0 saturated heterocycles. The Kier molecular flexibility index (Phi) is 4.80. The topological polar surface area (TPSA) is 0 Å². The summed E-state index contributed by atoms with van der Waals surface area (Å²) in [5.74, 6) is -1.54. The van der Waals surface area contributed by atoms with Crippen LogP contribution in [0.25, 0.3) is 0 Å². The molecule has 2 aromatic carbocycles. The molecular formula is C14H8Cl4F2. The lowest BCUT2D eigenvalue weighted by Crippen LogP contribution is -1.97. The zero-order chi connectivity index (χ0) is 15.0. The SMILES string of the molecule is Cc1cc(Cl)c(Cc2cc(F)cc(F)c2Cl)c(Cl)c1Cl. The van der Waals surface area contributed by atoms with E-state index in [-0.39, 0.29) is 22.0 Å². The summed E-state index contributed by atoms with van der Waals surface area (Å²) in [6, 6.07) is 3.51. The van der Waals surface area contributed by atoms with E-state index < -0.39 is 11.6 Å². The van der Waals surface area contributed by atoms with Crippen molar-refractivity contribution in [3.63, 3.8) is 0 Å². The van der Waals surface area contributed by atoms with Gasteiger partial charge in [0, 0.05) is 17.5 Å². The maximum absolute atomic E-state index is 13.4. The van der Waals surface area contributed by atoms with Gasteiger partial charge in [0.05, 0.1) is 15.1 Å². The van der Waals surface area contributed by atoms with Crippen LogP contribution in [0.5, 0.6) is 0 Å². The monoisotopic (exact) mass is 354 g/mol. The van der Waals surface area contributed by atoms with Crippen LogP contribution in [0, 0.1) is 18.6 Å². The van der Waals surface area contributed by atoms with E-state index in [0.717, 1.165) is 17.7 Å². The van der Waals surface area contributed by atoms with Crippen molar-refractivity contribution < 1.29 is 8.78 Å². The van der Waals surface area contributed by atoms with Crippen LogP contribution < -0.4 is 0 Å². The Labute approximate surface area is 135 Å². The van der Waals surface area contributed by atoms with E-state index in [4.69, 9.17) is 46.4 Å². The zero-order valence-corrected chi connectivity index (χ0v) is 13.2. The zero-order valence-electron chi connectivity index (χ0n) is 10.2. The van der Waals surface area contributed by atoms with Crippen LogP contribution in [-0.4, -0.2) is 0 Å². The normalized spacial score (nSPS) is 10.9. The van der Waals surface area contributed by atoms with Gasteiger partial charge in [-0.15, -0.1) is 0 Å². The minimum absolute atomic E-state index is 0.0885. The molecule has 0 unspecified atom stereocenters. The molecule has 0 bridgehead atoms. The number of aryl methyl sites for hydroxylation is 1. The summed E-state index contributed by atoms with van der Waals surface area (Å²) in [4.78, 5) is 0. The summed E-state index contributed by atoms with van der Waals surface area (Å²) >= 11 is 24.1. The molecule has 20 heavy (non-hydrogen) atoms. The molecule has 0 aromatic heterocycles. The Balaban J connectivity index is 2.54. The van der Waals surface area contributed by atoms with Gasteiger partial charge in [-0.1, -0.05) is 46.4 Å². The lowest BCUT2D eigenvalue weighted by molar-refractivity contribution is 0.581. The Morgan fingerprint density at radius 3 is 2.20 bits per heavy atom. The van der Waals surface area contributed by atoms with E-state index in [1.807, 2.05) is 0 Å². The van der Waals surface area contributed by atoms with Gasteiger partial charge in [-0.3, -0.25) is 0 Å². The minimum Gasteiger partial charge on any atom is -0.207 e. The number of hydrogen-bond acceptors (Lipinski definition) is 0. The average Bonchev–Trinajstić information content (AvgIpc) is 2.37. The largest absolute Gasteiger partial charge is 0.207 e. The molecule has 0 N–H and O–H groups in total. The number of hydrogen-bond donors (Lipinski definition) is 0. The minimum atomic E-state index is -0.827. The summed E-state index contributed by atoms with van der Waals surface area (Å²) < 4.78 is 26.7. The molecule has 0 aliphatic carbocycles. The first-order valence-corrected chi connectivity index (χ1v) is 7.08. The van der Waals surface area contributed by atoms with Gasteiger partial charge >= 0.3 is 0 Å². The molecule has 106 valence electrons. The lowest BCUT2D eigenvalue weighted by atomic mass is 10.0. The standard InChI is InChI=1S/C14H8Cl4F2/c1-6-2-10(15)9(14(18)12(6)16)4-7-3-8(19)5-11(20)13(7)17/h2-3,5H,4H2,1H3. The highest BCUT2D eigenvalue weighted by atomic mass is 35.5. The van der Waals surface area contributed by atoms with E-state index >= 15 is 0 Å². The molecule has 0 aliphatic rings. The highest BCUT2D eigenvalue weighted by Gasteiger charge is 2.16. The van der Waals surface area contributed by atoms with Crippen LogP contribution >= 0.6 is 46.4 Å². The van der Waals surface area contributed by atoms with Crippen molar-refractivity contribution in [3.05, 3.63) is 66.6 Å². The summed E-state index contributed by atoms with van der Waals surface area (Å²) in [5, 5.41) is 0.837. The molecule has 0 aliphatic heterocycles. The summed E-state index contributed by atoms with van der Waals surface area (Å²) in [6.45, 7) is 1.76. The van der Waals surface area contributed by atoms with E-state index in [9.17, 15) is 8.78 Å². The van der Waals surface area contributed by atoms with Gasteiger partial charge in [0.1, 0.15) is 11.6 Å². The quantitative estimate of drug-likeness (QED) is 0.541. The summed E-state index contributed by atoms with van der Waals surface area (Å²) in [6.07, 6.45) is 0.0885. The lowest BCUT2D eigenvalue weighted by Gasteiger charge is -2.12. The van der Waals surface area contributed by atoms with Gasteiger partial charge in [0.2, 0.25) is 0 Å². The van der Waals surface area contributed by atoms with Gasteiger partial charge in [-0.2, -0.15) is 0 Å². The number of rotatable bonds is 2. The average molecular weight is 356 g/mol. The molecule has 0 nitrogen and oxygen atoms in total. The van der Waals surface area contributed by atoms with Crippen molar-refractivity contribution in [3.8, 4) is 0 Å². The first-order valence-electron chi connectivity index (χ1n) is 5.57. The number of halogens is 6. The first kappa shape index (κ1) is 15.8. The molecule has 2 rings (SSSR count). The van der Waals surface area contributed by atoms with Crippen molar-refractivity contribution in [1.82, 2.24) is 0 Å². The molecule has 0 amide bonds. The van der Waals surface area contributed by atoms with E-state index in [2.05, 4.69) is 0 Å². The van der Waals surface area contributed by atoms with Crippen LogP contribution in [-0.2, 0) is 6.42 Å². The summed E-state index contributed by atoms with van der Waals surface area (Å²) in [5.41, 5.74) is 1.46. The van der Waals surface area contributed by atoms with Crippen LogP contribution in [0.1, 0.15) is 16.7 Å².